The Balaban J connectivity index is 1.93. The molecule has 2 aromatic rings. The van der Waals surface area contributed by atoms with Crippen LogP contribution in [-0.4, -0.2) is 36.9 Å². The summed E-state index contributed by atoms with van der Waals surface area (Å²) in [5, 5.41) is 3.50. The molecule has 0 aliphatic heterocycles. The van der Waals surface area contributed by atoms with E-state index in [1.54, 1.807) is 19.2 Å². The molecular weight excluding hydrogens is 364 g/mol. The average Bonchev–Trinajstić information content (AvgIpc) is 2.57. The second-order valence-corrected chi connectivity index (χ2v) is 7.16. The number of para-hydroxylation sites is 1. The van der Waals surface area contributed by atoms with Crippen molar-refractivity contribution >= 4 is 29.1 Å². The first-order valence-corrected chi connectivity index (χ1v) is 9.06. The van der Waals surface area contributed by atoms with Gasteiger partial charge in [0.1, 0.15) is 5.75 Å². The van der Waals surface area contributed by atoms with Crippen LogP contribution >= 0.6 is 11.6 Å². The fourth-order valence-electron chi connectivity index (χ4n) is 2.86. The van der Waals surface area contributed by atoms with E-state index in [4.69, 9.17) is 16.3 Å². The summed E-state index contributed by atoms with van der Waals surface area (Å²) >= 11 is 6.01. The summed E-state index contributed by atoms with van der Waals surface area (Å²) in [7, 11) is 1.58. The fraction of sp³-hybridized carbons (Fsp3) is 0.333. The van der Waals surface area contributed by atoms with Crippen molar-refractivity contribution in [1.82, 2.24) is 4.90 Å². The summed E-state index contributed by atoms with van der Waals surface area (Å²) in [4.78, 5) is 26.0. The molecule has 6 heteroatoms. The van der Waals surface area contributed by atoms with E-state index < -0.39 is 0 Å². The van der Waals surface area contributed by atoms with Crippen molar-refractivity contribution in [3.05, 3.63) is 57.6 Å². The summed E-state index contributed by atoms with van der Waals surface area (Å²) in [6.45, 7) is 7.43. The van der Waals surface area contributed by atoms with Gasteiger partial charge in [-0.25, -0.2) is 0 Å². The first kappa shape index (κ1) is 20.8. The first-order chi connectivity index (χ1) is 12.7. The number of carbonyl (C=O) groups excluding carboxylic acids is 2. The third-order valence-electron chi connectivity index (χ3n) is 4.32. The normalized spacial score (nSPS) is 10.4. The van der Waals surface area contributed by atoms with Crippen LogP contribution in [0.25, 0.3) is 0 Å². The summed E-state index contributed by atoms with van der Waals surface area (Å²) in [6, 6.07) is 9.38. The van der Waals surface area contributed by atoms with E-state index in [1.165, 1.54) is 4.90 Å². The molecule has 0 unspecified atom stereocenters. The van der Waals surface area contributed by atoms with E-state index in [9.17, 15) is 9.59 Å². The van der Waals surface area contributed by atoms with Gasteiger partial charge in [0, 0.05) is 17.8 Å². The van der Waals surface area contributed by atoms with Gasteiger partial charge in [0.2, 0.25) is 5.91 Å². The van der Waals surface area contributed by atoms with E-state index in [2.05, 4.69) is 5.32 Å². The fourth-order valence-corrected chi connectivity index (χ4v) is 3.19. The monoisotopic (exact) mass is 388 g/mol. The summed E-state index contributed by atoms with van der Waals surface area (Å²) in [5.41, 5.74) is 4.47. The largest absolute Gasteiger partial charge is 0.483 e. The van der Waals surface area contributed by atoms with Gasteiger partial charge in [-0.3, -0.25) is 9.59 Å². The zero-order chi connectivity index (χ0) is 20.1. The van der Waals surface area contributed by atoms with Crippen LogP contribution in [-0.2, 0) is 9.59 Å². The van der Waals surface area contributed by atoms with Crippen molar-refractivity contribution in [1.29, 1.82) is 0 Å². The Morgan fingerprint density at radius 2 is 1.59 bits per heavy atom. The highest BCUT2D eigenvalue weighted by Gasteiger charge is 2.16. The number of hydrogen-bond acceptors (Lipinski definition) is 3. The summed E-state index contributed by atoms with van der Waals surface area (Å²) < 4.78 is 5.66. The smallest absolute Gasteiger partial charge is 0.260 e. The van der Waals surface area contributed by atoms with Gasteiger partial charge in [0.05, 0.1) is 6.54 Å². The number of anilines is 1. The molecule has 1 N–H and O–H groups in total. The van der Waals surface area contributed by atoms with Crippen LogP contribution in [0.4, 0.5) is 5.69 Å². The van der Waals surface area contributed by atoms with Crippen molar-refractivity contribution in [2.75, 3.05) is 25.5 Å². The summed E-state index contributed by atoms with van der Waals surface area (Å²) in [5.74, 6) is 0.114. The molecule has 0 heterocycles. The maximum Gasteiger partial charge on any atom is 0.260 e. The number of carbonyl (C=O) groups is 2. The average molecular weight is 389 g/mol. The second-order valence-electron chi connectivity index (χ2n) is 6.72. The van der Waals surface area contributed by atoms with Crippen molar-refractivity contribution in [2.45, 2.75) is 27.7 Å². The zero-order valence-corrected chi connectivity index (χ0v) is 17.1. The highest BCUT2D eigenvalue weighted by molar-refractivity contribution is 6.30. The van der Waals surface area contributed by atoms with Gasteiger partial charge in [0.15, 0.2) is 6.61 Å². The first-order valence-electron chi connectivity index (χ1n) is 8.68. The number of nitrogens with zero attached hydrogens (tertiary/aromatic N) is 1. The molecule has 0 bridgehead atoms. The lowest BCUT2D eigenvalue weighted by Crippen LogP contribution is -2.37. The lowest BCUT2D eigenvalue weighted by Gasteiger charge is -2.19. The van der Waals surface area contributed by atoms with Crippen LogP contribution in [0.15, 0.2) is 30.3 Å². The molecule has 144 valence electrons. The van der Waals surface area contributed by atoms with Crippen LogP contribution in [0.5, 0.6) is 5.75 Å². The Bertz CT molecular complexity index is 821. The quantitative estimate of drug-likeness (QED) is 0.812. The molecule has 2 amide bonds. The predicted octanol–water partition coefficient (Wildman–Crippen LogP) is 4.05. The lowest BCUT2D eigenvalue weighted by atomic mass is 10.1. The Labute approximate surface area is 165 Å². The third kappa shape index (κ3) is 5.47. The minimum Gasteiger partial charge on any atom is -0.483 e. The number of amides is 2. The molecule has 2 aromatic carbocycles. The molecule has 0 aromatic heterocycles. The van der Waals surface area contributed by atoms with Crippen LogP contribution in [0.3, 0.4) is 0 Å². The standard InChI is InChI=1S/C21H25ClN2O3/c1-13-7-6-8-14(2)20(13)23-18(25)11-24(5)19(26)12-27-21-15(3)9-17(22)10-16(21)4/h6-10H,11-12H2,1-5H3,(H,23,25). The van der Waals surface area contributed by atoms with E-state index in [0.717, 1.165) is 27.9 Å². The van der Waals surface area contributed by atoms with Gasteiger partial charge >= 0.3 is 0 Å². The molecule has 0 spiro atoms. The number of rotatable bonds is 6. The van der Waals surface area contributed by atoms with E-state index >= 15 is 0 Å². The molecule has 0 saturated heterocycles. The lowest BCUT2D eigenvalue weighted by molar-refractivity contribution is -0.135. The maximum absolute atomic E-state index is 12.3. The SMILES string of the molecule is Cc1cccc(C)c1NC(=O)CN(C)C(=O)COc1c(C)cc(Cl)cc1C. The van der Waals surface area contributed by atoms with Gasteiger partial charge in [-0.2, -0.15) is 0 Å². The van der Waals surface area contributed by atoms with Crippen LogP contribution in [0, 0.1) is 27.7 Å². The molecule has 0 aliphatic carbocycles. The molecule has 2 rings (SSSR count). The predicted molar refractivity (Wildman–Crippen MR) is 109 cm³/mol. The van der Waals surface area contributed by atoms with Crippen molar-refractivity contribution in [2.24, 2.45) is 0 Å². The van der Waals surface area contributed by atoms with Gasteiger partial charge in [0.25, 0.3) is 5.91 Å². The minimum absolute atomic E-state index is 0.0471. The Morgan fingerprint density at radius 3 is 2.15 bits per heavy atom. The topological polar surface area (TPSA) is 58.6 Å². The Morgan fingerprint density at radius 1 is 1.04 bits per heavy atom. The van der Waals surface area contributed by atoms with Crippen LogP contribution in [0.2, 0.25) is 5.02 Å². The summed E-state index contributed by atoms with van der Waals surface area (Å²) in [6.07, 6.45) is 0. The number of halogens is 1. The molecule has 5 nitrogen and oxygen atoms in total. The van der Waals surface area contributed by atoms with Gasteiger partial charge in [-0.1, -0.05) is 29.8 Å². The highest BCUT2D eigenvalue weighted by atomic mass is 35.5. The molecule has 0 saturated carbocycles. The van der Waals surface area contributed by atoms with Crippen molar-refractivity contribution < 1.29 is 14.3 Å². The van der Waals surface area contributed by atoms with Crippen LogP contribution < -0.4 is 10.1 Å². The number of benzene rings is 2. The van der Waals surface area contributed by atoms with Crippen molar-refractivity contribution in [3.63, 3.8) is 0 Å². The van der Waals surface area contributed by atoms with Gasteiger partial charge < -0.3 is 15.0 Å². The maximum atomic E-state index is 12.3. The number of aryl methyl sites for hydroxylation is 4. The zero-order valence-electron chi connectivity index (χ0n) is 16.4. The molecular formula is C21H25ClN2O3. The third-order valence-corrected chi connectivity index (χ3v) is 4.54. The molecule has 0 radical (unpaired) electrons. The Hall–Kier alpha value is -2.53. The number of nitrogens with one attached hydrogen (secondary N) is 1. The number of hydrogen-bond donors (Lipinski definition) is 1. The van der Waals surface area contributed by atoms with E-state index in [1.807, 2.05) is 45.9 Å². The second kappa shape index (κ2) is 8.91. The molecule has 0 fully saturated rings. The molecule has 0 aliphatic rings. The highest BCUT2D eigenvalue weighted by Crippen LogP contribution is 2.27. The molecule has 27 heavy (non-hydrogen) atoms. The van der Waals surface area contributed by atoms with E-state index in [-0.39, 0.29) is 25.0 Å². The minimum atomic E-state index is -0.277. The van der Waals surface area contributed by atoms with E-state index in [0.29, 0.717) is 10.8 Å². The number of likely N-dealkylation sites (N-methyl/N-ethyl adjacent to an activating group) is 1. The Kier molecular flexibility index (Phi) is 6.86. The number of ether oxygens (including phenoxy) is 1. The molecule has 0 atom stereocenters. The van der Waals surface area contributed by atoms with Crippen molar-refractivity contribution in [3.8, 4) is 5.75 Å². The van der Waals surface area contributed by atoms with Crippen LogP contribution in [0.1, 0.15) is 22.3 Å². The van der Waals surface area contributed by atoms with Gasteiger partial charge in [-0.15, -0.1) is 0 Å². The van der Waals surface area contributed by atoms with Gasteiger partial charge in [-0.05, 0) is 62.1 Å².